The van der Waals surface area contributed by atoms with Crippen LogP contribution in [0.15, 0.2) is 54.2 Å². The van der Waals surface area contributed by atoms with Gasteiger partial charge in [0, 0.05) is 24.8 Å². The van der Waals surface area contributed by atoms with E-state index in [9.17, 15) is 4.79 Å². The number of rotatable bonds is 10. The summed E-state index contributed by atoms with van der Waals surface area (Å²) in [6, 6.07) is 15.2. The molecule has 3 N–H and O–H groups in total. The summed E-state index contributed by atoms with van der Waals surface area (Å²) in [4.78, 5) is 14.8. The fraction of sp³-hybridized carbons (Fsp3) is 0.440. The molecular formula is C25H33Cl2N3O2. The first-order valence-corrected chi connectivity index (χ1v) is 11.0. The van der Waals surface area contributed by atoms with Gasteiger partial charge in [-0.1, -0.05) is 55.0 Å². The molecular weight excluding hydrogens is 445 g/mol. The molecule has 2 fully saturated rings. The van der Waals surface area contributed by atoms with E-state index in [4.69, 9.17) is 5.11 Å². The highest BCUT2D eigenvalue weighted by Crippen LogP contribution is 2.40. The minimum absolute atomic E-state index is 0. The second-order valence-electron chi connectivity index (χ2n) is 8.61. The van der Waals surface area contributed by atoms with Gasteiger partial charge in [-0.05, 0) is 61.3 Å². The number of carboxylic acid groups (broad SMARTS) is 1. The van der Waals surface area contributed by atoms with E-state index in [1.807, 2.05) is 6.07 Å². The molecule has 0 saturated heterocycles. The van der Waals surface area contributed by atoms with Crippen molar-refractivity contribution in [2.75, 3.05) is 6.54 Å². The number of pyridine rings is 1. The molecule has 1 aromatic heterocycles. The fourth-order valence-electron chi connectivity index (χ4n) is 4.37. The molecule has 174 valence electrons. The van der Waals surface area contributed by atoms with Crippen LogP contribution < -0.4 is 10.6 Å². The summed E-state index contributed by atoms with van der Waals surface area (Å²) in [5.74, 6) is 0.466. The molecule has 0 bridgehead atoms. The largest absolute Gasteiger partial charge is 0.477 e. The van der Waals surface area contributed by atoms with Gasteiger partial charge in [0.15, 0.2) is 0 Å². The van der Waals surface area contributed by atoms with Crippen molar-refractivity contribution in [2.24, 2.45) is 11.8 Å². The van der Waals surface area contributed by atoms with Crippen LogP contribution >= 0.6 is 24.8 Å². The minimum Gasteiger partial charge on any atom is -0.477 e. The van der Waals surface area contributed by atoms with Crippen LogP contribution in [-0.2, 0) is 6.54 Å². The quantitative estimate of drug-likeness (QED) is 0.450. The molecule has 0 spiro atoms. The summed E-state index contributed by atoms with van der Waals surface area (Å²) in [6.45, 7) is 4.11. The van der Waals surface area contributed by atoms with Crippen LogP contribution in [0, 0.1) is 11.8 Å². The average molecular weight is 478 g/mol. The number of halogens is 2. The maximum absolute atomic E-state index is 10.9. The van der Waals surface area contributed by atoms with E-state index in [2.05, 4.69) is 58.9 Å². The van der Waals surface area contributed by atoms with Gasteiger partial charge in [0.25, 0.3) is 0 Å². The molecule has 1 aromatic carbocycles. The van der Waals surface area contributed by atoms with Crippen LogP contribution in [0.25, 0.3) is 6.08 Å². The molecule has 2 saturated carbocycles. The van der Waals surface area contributed by atoms with Gasteiger partial charge in [0.05, 0.1) is 0 Å². The molecule has 2 unspecified atom stereocenters. The molecule has 2 aliphatic carbocycles. The Hall–Kier alpha value is -1.92. The number of hydrogen-bond donors (Lipinski definition) is 3. The molecule has 0 amide bonds. The zero-order chi connectivity index (χ0) is 20.9. The van der Waals surface area contributed by atoms with E-state index in [-0.39, 0.29) is 30.5 Å². The molecule has 1 heterocycles. The van der Waals surface area contributed by atoms with Gasteiger partial charge in [-0.25, -0.2) is 9.78 Å². The molecule has 0 aliphatic heterocycles. The Morgan fingerprint density at radius 3 is 2.47 bits per heavy atom. The number of hydrogen-bond acceptors (Lipinski definition) is 4. The van der Waals surface area contributed by atoms with Crippen LogP contribution in [0.4, 0.5) is 0 Å². The first kappa shape index (κ1) is 26.3. The van der Waals surface area contributed by atoms with Gasteiger partial charge in [0.1, 0.15) is 5.69 Å². The number of aromatic carboxylic acids is 1. The lowest BCUT2D eigenvalue weighted by Crippen LogP contribution is -2.44. The fourth-order valence-corrected chi connectivity index (χ4v) is 4.37. The predicted octanol–water partition coefficient (Wildman–Crippen LogP) is 4.96. The van der Waals surface area contributed by atoms with Crippen molar-refractivity contribution in [2.45, 2.75) is 51.2 Å². The number of benzene rings is 1. The smallest absolute Gasteiger partial charge is 0.354 e. The lowest BCUT2D eigenvalue weighted by atomic mass is 9.80. The third-order valence-electron chi connectivity index (χ3n) is 6.37. The Bertz CT molecular complexity index is 884. The number of carboxylic acids is 1. The van der Waals surface area contributed by atoms with E-state index in [0.29, 0.717) is 18.0 Å². The first-order valence-electron chi connectivity index (χ1n) is 11.0. The second-order valence-corrected chi connectivity index (χ2v) is 8.61. The number of nitrogens with one attached hydrogen (secondary N) is 2. The van der Waals surface area contributed by atoms with Crippen molar-refractivity contribution in [1.82, 2.24) is 15.6 Å². The van der Waals surface area contributed by atoms with Crippen LogP contribution in [0.3, 0.4) is 0 Å². The van der Waals surface area contributed by atoms with Crippen molar-refractivity contribution in [3.05, 3.63) is 71.1 Å². The number of nitrogens with zero attached hydrogens (tertiary/aromatic N) is 1. The Morgan fingerprint density at radius 2 is 1.84 bits per heavy atom. The van der Waals surface area contributed by atoms with Crippen molar-refractivity contribution in [1.29, 1.82) is 0 Å². The van der Waals surface area contributed by atoms with Crippen LogP contribution in [-0.4, -0.2) is 34.7 Å². The highest BCUT2D eigenvalue weighted by atomic mass is 35.5. The molecule has 7 heteroatoms. The minimum atomic E-state index is -0.983. The first-order chi connectivity index (χ1) is 14.6. The predicted molar refractivity (Wildman–Crippen MR) is 134 cm³/mol. The topological polar surface area (TPSA) is 74.2 Å². The standard InChI is InChI=1S/C25H31N3O2.2ClH/c1-2-20(10-17-6-4-3-5-7-17)22-13-24(22)28-16-19-11-21(12-19)26-14-18-8-9-23(25(29)30)27-15-18;;/h3-10,15,19,21-22,24,26,28H,2,11-14,16H2,1H3,(H,29,30);2*1H/b20-10+;;. The summed E-state index contributed by atoms with van der Waals surface area (Å²) in [7, 11) is 0. The van der Waals surface area contributed by atoms with Crippen molar-refractivity contribution in [3.63, 3.8) is 0 Å². The van der Waals surface area contributed by atoms with Gasteiger partial charge in [-0.3, -0.25) is 0 Å². The third kappa shape index (κ3) is 7.04. The molecule has 32 heavy (non-hydrogen) atoms. The van der Waals surface area contributed by atoms with Crippen LogP contribution in [0.5, 0.6) is 0 Å². The molecule has 2 atom stereocenters. The maximum atomic E-state index is 10.9. The molecule has 0 radical (unpaired) electrons. The molecule has 2 aromatic rings. The molecule has 2 aliphatic rings. The summed E-state index contributed by atoms with van der Waals surface area (Å²) in [5, 5.41) is 16.2. The van der Waals surface area contributed by atoms with E-state index in [1.165, 1.54) is 24.8 Å². The van der Waals surface area contributed by atoms with Gasteiger partial charge in [-0.15, -0.1) is 24.8 Å². The Labute approximate surface area is 202 Å². The van der Waals surface area contributed by atoms with Gasteiger partial charge in [-0.2, -0.15) is 0 Å². The lowest BCUT2D eigenvalue weighted by molar-refractivity contribution is 0.0690. The monoisotopic (exact) mass is 477 g/mol. The summed E-state index contributed by atoms with van der Waals surface area (Å²) < 4.78 is 0. The van der Waals surface area contributed by atoms with E-state index >= 15 is 0 Å². The molecule has 5 nitrogen and oxygen atoms in total. The lowest BCUT2D eigenvalue weighted by Gasteiger charge is -2.36. The Morgan fingerprint density at radius 1 is 1.09 bits per heavy atom. The van der Waals surface area contributed by atoms with Crippen molar-refractivity contribution >= 4 is 36.9 Å². The number of carbonyl (C=O) groups is 1. The van der Waals surface area contributed by atoms with Gasteiger partial charge < -0.3 is 15.7 Å². The van der Waals surface area contributed by atoms with Gasteiger partial charge >= 0.3 is 5.97 Å². The van der Waals surface area contributed by atoms with Crippen molar-refractivity contribution in [3.8, 4) is 0 Å². The van der Waals surface area contributed by atoms with Crippen LogP contribution in [0.1, 0.15) is 54.2 Å². The average Bonchev–Trinajstić information content (AvgIpc) is 3.51. The zero-order valence-electron chi connectivity index (χ0n) is 18.4. The van der Waals surface area contributed by atoms with Gasteiger partial charge in [0.2, 0.25) is 0 Å². The normalized spacial score (nSPS) is 24.0. The summed E-state index contributed by atoms with van der Waals surface area (Å²) in [5.41, 5.74) is 3.99. The second kappa shape index (κ2) is 12.4. The SMILES string of the molecule is CC/C(=C\c1ccccc1)C1CC1NCC1CC(NCc2ccc(C(=O)O)nc2)C1.Cl.Cl. The Kier molecular flexibility index (Phi) is 10.2. The summed E-state index contributed by atoms with van der Waals surface area (Å²) >= 11 is 0. The highest BCUT2D eigenvalue weighted by Gasteiger charge is 2.39. The maximum Gasteiger partial charge on any atom is 0.354 e. The van der Waals surface area contributed by atoms with Crippen LogP contribution in [0.2, 0.25) is 0 Å². The van der Waals surface area contributed by atoms with Crippen molar-refractivity contribution < 1.29 is 9.90 Å². The Balaban J connectivity index is 0.00000181. The summed E-state index contributed by atoms with van der Waals surface area (Å²) in [6.07, 6.45) is 8.80. The number of aromatic nitrogens is 1. The zero-order valence-corrected chi connectivity index (χ0v) is 20.0. The third-order valence-corrected chi connectivity index (χ3v) is 6.37. The van der Waals surface area contributed by atoms with E-state index in [0.717, 1.165) is 31.0 Å². The molecule has 4 rings (SSSR count). The van der Waals surface area contributed by atoms with E-state index in [1.54, 1.807) is 17.8 Å². The highest BCUT2D eigenvalue weighted by molar-refractivity contribution is 5.86. The van der Waals surface area contributed by atoms with E-state index < -0.39 is 5.97 Å².